The summed E-state index contributed by atoms with van der Waals surface area (Å²) in [5.41, 5.74) is 3.12. The maximum atomic E-state index is 10.4. The number of thioether (sulfide) groups is 1. The van der Waals surface area contributed by atoms with Crippen LogP contribution in [-0.4, -0.2) is 47.8 Å². The van der Waals surface area contributed by atoms with Gasteiger partial charge in [-0.25, -0.2) is 4.98 Å². The summed E-state index contributed by atoms with van der Waals surface area (Å²) in [6.45, 7) is 2.58. The van der Waals surface area contributed by atoms with Gasteiger partial charge >= 0.3 is 0 Å². The predicted octanol–water partition coefficient (Wildman–Crippen LogP) is 2.62. The normalized spacial score (nSPS) is 13.7. The number of fused-ring (bicyclic) bond motifs is 1. The van der Waals surface area contributed by atoms with Crippen molar-refractivity contribution in [3.05, 3.63) is 47.0 Å². The van der Waals surface area contributed by atoms with E-state index in [1.54, 1.807) is 0 Å². The zero-order valence-electron chi connectivity index (χ0n) is 14.4. The van der Waals surface area contributed by atoms with E-state index in [2.05, 4.69) is 26.3 Å². The zero-order chi connectivity index (χ0) is 18.7. The molecule has 2 heterocycles. The van der Waals surface area contributed by atoms with E-state index in [4.69, 9.17) is 11.6 Å². The Balaban J connectivity index is 1.89. The fourth-order valence-electron chi connectivity index (χ4n) is 2.66. The number of anilines is 1. The highest BCUT2D eigenvalue weighted by Crippen LogP contribution is 2.25. The summed E-state index contributed by atoms with van der Waals surface area (Å²) in [5.74, 6) is 0.866. The van der Waals surface area contributed by atoms with Crippen molar-refractivity contribution < 1.29 is 10.2 Å². The Bertz CT molecular complexity index is 904. The lowest BCUT2D eigenvalue weighted by molar-refractivity contribution is -0.0128. The van der Waals surface area contributed by atoms with Crippen molar-refractivity contribution in [3.63, 3.8) is 0 Å². The molecule has 3 N–H and O–H groups in total. The van der Waals surface area contributed by atoms with E-state index in [-0.39, 0.29) is 5.28 Å². The summed E-state index contributed by atoms with van der Waals surface area (Å²) in [5, 5.41) is 23.7. The minimum atomic E-state index is -1.16. The predicted molar refractivity (Wildman–Crippen MR) is 104 cm³/mol. The summed E-state index contributed by atoms with van der Waals surface area (Å²) in [7, 11) is 0. The molecule has 26 heavy (non-hydrogen) atoms. The maximum absolute atomic E-state index is 10.4. The molecule has 3 rings (SSSR count). The Kier molecular flexibility index (Phi) is 5.98. The Morgan fingerprint density at radius 2 is 2.12 bits per heavy atom. The molecule has 0 amide bonds. The van der Waals surface area contributed by atoms with Crippen LogP contribution >= 0.6 is 23.4 Å². The van der Waals surface area contributed by atoms with Crippen molar-refractivity contribution >= 4 is 40.3 Å². The number of nitrogens with zero attached hydrogens (tertiary/aromatic N) is 4. The van der Waals surface area contributed by atoms with Gasteiger partial charge in [-0.05, 0) is 30.3 Å². The van der Waals surface area contributed by atoms with Crippen LogP contribution < -0.4 is 5.32 Å². The van der Waals surface area contributed by atoms with Crippen molar-refractivity contribution in [1.29, 1.82) is 0 Å². The fourth-order valence-corrected chi connectivity index (χ4v) is 3.34. The molecule has 138 valence electrons. The van der Waals surface area contributed by atoms with Crippen molar-refractivity contribution in [2.24, 2.45) is 0 Å². The third-order valence-corrected chi connectivity index (χ3v) is 4.75. The van der Waals surface area contributed by atoms with Gasteiger partial charge < -0.3 is 15.5 Å². The van der Waals surface area contributed by atoms with Gasteiger partial charge in [-0.15, -0.1) is 0 Å². The zero-order valence-corrected chi connectivity index (χ0v) is 16.0. The number of hydrogen-bond acceptors (Lipinski definition) is 7. The molecule has 2 unspecified atom stereocenters. The summed E-state index contributed by atoms with van der Waals surface area (Å²) >= 11 is 7.49. The van der Waals surface area contributed by atoms with Gasteiger partial charge in [-0.2, -0.15) is 21.7 Å². The highest BCUT2D eigenvalue weighted by Gasteiger charge is 2.22. The molecule has 0 aliphatic rings. The first-order valence-corrected chi connectivity index (χ1v) is 9.81. The first-order chi connectivity index (χ1) is 12.5. The molecule has 1 aromatic carbocycles. The average molecular weight is 394 g/mol. The number of nitrogens with one attached hydrogen (secondary N) is 1. The molecule has 0 radical (unpaired) electrons. The average Bonchev–Trinajstić information content (AvgIpc) is 3.03. The Morgan fingerprint density at radius 3 is 2.85 bits per heavy atom. The number of aliphatic hydroxyl groups excluding tert-OH is 2. The molecule has 0 spiro atoms. The van der Waals surface area contributed by atoms with Crippen LogP contribution in [0, 0.1) is 6.92 Å². The standard InChI is InChI=1S/C17H20ClN5O2S/c1-10-4-3-5-11(6-10)7-19-14-13-15(22-17(18)21-14)23(9-20-13)16(25)12(24)8-26-2/h3-6,9,12,16,24-25H,7-8H2,1-2H3,(H,19,21,22). The van der Waals surface area contributed by atoms with Crippen LogP contribution in [0.4, 0.5) is 5.82 Å². The molecule has 9 heteroatoms. The Labute approximate surface area is 160 Å². The minimum absolute atomic E-state index is 0.0394. The molecule has 7 nitrogen and oxygen atoms in total. The van der Waals surface area contributed by atoms with Gasteiger partial charge in [0, 0.05) is 12.3 Å². The molecule has 0 saturated carbocycles. The Morgan fingerprint density at radius 1 is 1.31 bits per heavy atom. The maximum Gasteiger partial charge on any atom is 0.226 e. The minimum Gasteiger partial charge on any atom is -0.388 e. The van der Waals surface area contributed by atoms with Crippen LogP contribution in [0.3, 0.4) is 0 Å². The summed E-state index contributed by atoms with van der Waals surface area (Å²) in [6.07, 6.45) is 1.18. The number of aliphatic hydroxyl groups is 2. The summed E-state index contributed by atoms with van der Waals surface area (Å²) in [4.78, 5) is 12.7. The fraction of sp³-hybridized carbons (Fsp3) is 0.353. The molecule has 0 aliphatic heterocycles. The van der Waals surface area contributed by atoms with Crippen LogP contribution in [0.5, 0.6) is 0 Å². The first kappa shape index (κ1) is 18.9. The molecule has 2 aromatic heterocycles. The molecule has 0 bridgehead atoms. The van der Waals surface area contributed by atoms with Crippen LogP contribution in [0.25, 0.3) is 11.2 Å². The van der Waals surface area contributed by atoms with Crippen LogP contribution in [-0.2, 0) is 6.54 Å². The second-order valence-electron chi connectivity index (χ2n) is 5.94. The van der Waals surface area contributed by atoms with Crippen molar-refractivity contribution in [1.82, 2.24) is 19.5 Å². The quantitative estimate of drug-likeness (QED) is 0.531. The SMILES string of the molecule is CSCC(O)C(O)n1cnc2c(NCc3cccc(C)c3)nc(Cl)nc21. The molecular weight excluding hydrogens is 374 g/mol. The number of halogens is 1. The number of hydrogen-bond donors (Lipinski definition) is 3. The first-order valence-electron chi connectivity index (χ1n) is 8.04. The molecule has 2 atom stereocenters. The van der Waals surface area contributed by atoms with E-state index in [1.165, 1.54) is 28.2 Å². The lowest BCUT2D eigenvalue weighted by atomic mass is 10.1. The van der Waals surface area contributed by atoms with Crippen LogP contribution in [0.1, 0.15) is 17.4 Å². The highest BCUT2D eigenvalue weighted by atomic mass is 35.5. The molecule has 0 saturated heterocycles. The molecule has 3 aromatic rings. The van der Waals surface area contributed by atoms with Crippen LogP contribution in [0.15, 0.2) is 30.6 Å². The van der Waals surface area contributed by atoms with Gasteiger partial charge in [0.2, 0.25) is 5.28 Å². The number of imidazole rings is 1. The van der Waals surface area contributed by atoms with E-state index in [9.17, 15) is 10.2 Å². The number of rotatable bonds is 7. The van der Waals surface area contributed by atoms with Crippen molar-refractivity contribution in [2.45, 2.75) is 25.8 Å². The van der Waals surface area contributed by atoms with Gasteiger partial charge in [0.15, 0.2) is 23.2 Å². The van der Waals surface area contributed by atoms with Gasteiger partial charge in [-0.3, -0.25) is 4.57 Å². The number of benzene rings is 1. The smallest absolute Gasteiger partial charge is 0.226 e. The van der Waals surface area contributed by atoms with Crippen molar-refractivity contribution in [3.8, 4) is 0 Å². The van der Waals surface area contributed by atoms with E-state index < -0.39 is 12.3 Å². The number of aryl methyl sites for hydroxylation is 1. The second-order valence-corrected chi connectivity index (χ2v) is 7.19. The topological polar surface area (TPSA) is 96.1 Å². The lowest BCUT2D eigenvalue weighted by Crippen LogP contribution is -2.25. The van der Waals surface area contributed by atoms with E-state index in [0.717, 1.165) is 5.56 Å². The molecular formula is C17H20ClN5O2S. The van der Waals surface area contributed by atoms with Crippen LogP contribution in [0.2, 0.25) is 5.28 Å². The van der Waals surface area contributed by atoms with Gasteiger partial charge in [-0.1, -0.05) is 29.8 Å². The monoisotopic (exact) mass is 393 g/mol. The number of aromatic nitrogens is 4. The van der Waals surface area contributed by atoms with Crippen molar-refractivity contribution in [2.75, 3.05) is 17.3 Å². The van der Waals surface area contributed by atoms with E-state index in [0.29, 0.717) is 29.3 Å². The van der Waals surface area contributed by atoms with E-state index >= 15 is 0 Å². The largest absolute Gasteiger partial charge is 0.388 e. The van der Waals surface area contributed by atoms with Gasteiger partial charge in [0.25, 0.3) is 0 Å². The third kappa shape index (κ3) is 4.09. The molecule has 0 fully saturated rings. The lowest BCUT2D eigenvalue weighted by Gasteiger charge is -2.18. The molecule has 0 aliphatic carbocycles. The van der Waals surface area contributed by atoms with Gasteiger partial charge in [0.1, 0.15) is 6.10 Å². The highest BCUT2D eigenvalue weighted by molar-refractivity contribution is 7.98. The van der Waals surface area contributed by atoms with E-state index in [1.807, 2.05) is 31.4 Å². The Hall–Kier alpha value is -1.87. The summed E-state index contributed by atoms with van der Waals surface area (Å²) < 4.78 is 1.40. The van der Waals surface area contributed by atoms with Gasteiger partial charge in [0.05, 0.1) is 6.33 Å². The summed E-state index contributed by atoms with van der Waals surface area (Å²) in [6, 6.07) is 8.12. The third-order valence-electron chi connectivity index (χ3n) is 3.90. The second kappa shape index (κ2) is 8.22.